The molecule has 0 N–H and O–H groups in total. The zero-order valence-electron chi connectivity index (χ0n) is 16.1. The molecule has 4 heterocycles. The highest BCUT2D eigenvalue weighted by Crippen LogP contribution is 2.47. The van der Waals surface area contributed by atoms with Gasteiger partial charge in [-0.25, -0.2) is 4.39 Å². The van der Waals surface area contributed by atoms with Gasteiger partial charge in [0.2, 0.25) is 0 Å². The maximum absolute atomic E-state index is 15.1. The number of pyridine rings is 1. The van der Waals surface area contributed by atoms with Crippen LogP contribution in [0, 0.1) is 5.82 Å². The zero-order valence-corrected chi connectivity index (χ0v) is 16.9. The first-order chi connectivity index (χ1) is 13.7. The predicted molar refractivity (Wildman–Crippen MR) is 113 cm³/mol. The first-order valence-electron chi connectivity index (χ1n) is 10.2. The third kappa shape index (κ3) is 3.17. The molecular formula is C22H25FN4S. The van der Waals surface area contributed by atoms with Gasteiger partial charge < -0.3 is 9.80 Å². The molecule has 6 heteroatoms. The summed E-state index contributed by atoms with van der Waals surface area (Å²) in [4.78, 5) is 14.1. The minimum atomic E-state index is -0.118. The van der Waals surface area contributed by atoms with Gasteiger partial charge in [0.15, 0.2) is 5.17 Å². The highest BCUT2D eigenvalue weighted by Gasteiger charge is 2.43. The normalized spacial score (nSPS) is 27.1. The number of thioether (sulfide) groups is 1. The Bertz CT molecular complexity index is 881. The number of halogens is 1. The summed E-state index contributed by atoms with van der Waals surface area (Å²) >= 11 is 1.81. The second-order valence-electron chi connectivity index (χ2n) is 7.90. The number of fused-ring (bicyclic) bond motifs is 1. The van der Waals surface area contributed by atoms with Gasteiger partial charge in [0.1, 0.15) is 11.9 Å². The number of benzene rings is 1. The van der Waals surface area contributed by atoms with Crippen LogP contribution in [0.25, 0.3) is 0 Å². The summed E-state index contributed by atoms with van der Waals surface area (Å²) in [6, 6.07) is 11.7. The Hall–Kier alpha value is -2.08. The van der Waals surface area contributed by atoms with Crippen molar-refractivity contribution >= 4 is 22.6 Å². The van der Waals surface area contributed by atoms with Crippen LogP contribution in [0.3, 0.4) is 0 Å². The number of aliphatic imine (C=N–C) groups is 1. The van der Waals surface area contributed by atoms with E-state index in [0.717, 1.165) is 54.6 Å². The van der Waals surface area contributed by atoms with Crippen molar-refractivity contribution in [2.45, 2.75) is 43.5 Å². The molecule has 1 aromatic carbocycles. The van der Waals surface area contributed by atoms with Crippen molar-refractivity contribution < 1.29 is 4.39 Å². The Morgan fingerprint density at radius 3 is 2.71 bits per heavy atom. The largest absolute Gasteiger partial charge is 0.369 e. The van der Waals surface area contributed by atoms with Crippen LogP contribution in [-0.2, 0) is 0 Å². The summed E-state index contributed by atoms with van der Waals surface area (Å²) in [5.74, 6) is -0.118. The minimum Gasteiger partial charge on any atom is -0.369 e. The molecule has 0 spiro atoms. The lowest BCUT2D eigenvalue weighted by atomic mass is 9.95. The predicted octanol–water partition coefficient (Wildman–Crippen LogP) is 4.80. The van der Waals surface area contributed by atoms with E-state index >= 15 is 4.39 Å². The average molecular weight is 397 g/mol. The van der Waals surface area contributed by atoms with Crippen molar-refractivity contribution in [3.63, 3.8) is 0 Å². The van der Waals surface area contributed by atoms with Crippen LogP contribution >= 0.6 is 11.8 Å². The average Bonchev–Trinajstić information content (AvgIpc) is 3.25. The van der Waals surface area contributed by atoms with Crippen molar-refractivity contribution in [1.82, 2.24) is 9.88 Å². The molecule has 0 amide bonds. The number of rotatable bonds is 3. The van der Waals surface area contributed by atoms with Gasteiger partial charge in [0, 0.05) is 31.1 Å². The van der Waals surface area contributed by atoms with Gasteiger partial charge in [0.25, 0.3) is 0 Å². The topological polar surface area (TPSA) is 31.7 Å². The quantitative estimate of drug-likeness (QED) is 0.746. The molecule has 0 radical (unpaired) electrons. The van der Waals surface area contributed by atoms with Crippen molar-refractivity contribution in [1.29, 1.82) is 0 Å². The summed E-state index contributed by atoms with van der Waals surface area (Å²) in [5.41, 5.74) is 2.67. The number of piperidine rings is 1. The number of nitrogens with zero attached hydrogens (tertiary/aromatic N) is 4. The van der Waals surface area contributed by atoms with Crippen molar-refractivity contribution in [3.8, 4) is 0 Å². The van der Waals surface area contributed by atoms with Gasteiger partial charge >= 0.3 is 0 Å². The summed E-state index contributed by atoms with van der Waals surface area (Å²) in [5, 5.41) is 1.57. The van der Waals surface area contributed by atoms with E-state index in [1.54, 1.807) is 6.07 Å². The van der Waals surface area contributed by atoms with E-state index in [0.29, 0.717) is 5.25 Å². The Kier molecular flexibility index (Phi) is 4.75. The molecule has 0 unspecified atom stereocenters. The second kappa shape index (κ2) is 7.39. The molecule has 3 aliphatic heterocycles. The Morgan fingerprint density at radius 2 is 1.96 bits per heavy atom. The van der Waals surface area contributed by atoms with Crippen molar-refractivity contribution in [2.75, 3.05) is 24.5 Å². The molecule has 0 saturated carbocycles. The maximum atomic E-state index is 15.1. The lowest BCUT2D eigenvalue weighted by Gasteiger charge is -2.31. The lowest BCUT2D eigenvalue weighted by Crippen LogP contribution is -2.31. The molecule has 1 aromatic heterocycles. The molecular weight excluding hydrogens is 371 g/mol. The van der Waals surface area contributed by atoms with Crippen LogP contribution in [0.2, 0.25) is 0 Å². The molecule has 0 aliphatic carbocycles. The monoisotopic (exact) mass is 396 g/mol. The maximum Gasteiger partial charge on any atom is 0.160 e. The first kappa shape index (κ1) is 18.0. The van der Waals surface area contributed by atoms with Crippen LogP contribution in [0.4, 0.5) is 10.1 Å². The highest BCUT2D eigenvalue weighted by molar-refractivity contribution is 8.14. The van der Waals surface area contributed by atoms with Gasteiger partial charge in [-0.2, -0.15) is 0 Å². The van der Waals surface area contributed by atoms with Gasteiger partial charge in [-0.05, 0) is 49.1 Å². The third-order valence-corrected chi connectivity index (χ3v) is 6.99. The van der Waals surface area contributed by atoms with E-state index in [4.69, 9.17) is 4.99 Å². The standard InChI is InChI=1S/C22H25FN4S/c1-15-14-27-21(20(25-22(27)28-15)18-7-3-4-10-24-18)16-8-9-19(17(23)13-16)26-11-5-2-6-12-26/h3-4,7-10,13,15,20-21H,2,5-6,11-12,14H2,1H3/t15-,20+,21+/m1/s1. The fraction of sp³-hybridized carbons (Fsp3) is 0.455. The van der Waals surface area contributed by atoms with E-state index < -0.39 is 0 Å². The fourth-order valence-electron chi connectivity index (χ4n) is 4.58. The SMILES string of the molecule is C[C@@H]1CN2C(=N[C@@H](c3ccccn3)[C@@H]2c2ccc(N3CCCCC3)c(F)c2)S1. The summed E-state index contributed by atoms with van der Waals surface area (Å²) in [6.07, 6.45) is 5.35. The van der Waals surface area contributed by atoms with E-state index in [1.807, 2.05) is 42.2 Å². The molecule has 5 rings (SSSR count). The Labute approximate surface area is 169 Å². The Morgan fingerprint density at radius 1 is 1.11 bits per heavy atom. The lowest BCUT2D eigenvalue weighted by molar-refractivity contribution is 0.320. The van der Waals surface area contributed by atoms with Crippen LogP contribution in [0.5, 0.6) is 0 Å². The van der Waals surface area contributed by atoms with E-state index in [2.05, 4.69) is 27.8 Å². The second-order valence-corrected chi connectivity index (χ2v) is 9.30. The van der Waals surface area contributed by atoms with Crippen LogP contribution < -0.4 is 4.90 Å². The molecule has 3 aliphatic rings. The molecule has 4 nitrogen and oxygen atoms in total. The number of aromatic nitrogens is 1. The van der Waals surface area contributed by atoms with Gasteiger partial charge in [-0.3, -0.25) is 9.98 Å². The van der Waals surface area contributed by atoms with Gasteiger partial charge in [-0.15, -0.1) is 0 Å². The van der Waals surface area contributed by atoms with Crippen LogP contribution in [0.1, 0.15) is 49.5 Å². The van der Waals surface area contributed by atoms with Crippen molar-refractivity contribution in [3.05, 3.63) is 59.7 Å². The minimum absolute atomic E-state index is 0.00672. The number of hydrogen-bond donors (Lipinski definition) is 0. The highest BCUT2D eigenvalue weighted by atomic mass is 32.2. The fourth-order valence-corrected chi connectivity index (χ4v) is 5.67. The van der Waals surface area contributed by atoms with Crippen LogP contribution in [-0.4, -0.2) is 39.9 Å². The van der Waals surface area contributed by atoms with Crippen LogP contribution in [0.15, 0.2) is 47.6 Å². The molecule has 0 bridgehead atoms. The van der Waals surface area contributed by atoms with Gasteiger partial charge in [0.05, 0.1) is 17.4 Å². The molecule has 28 heavy (non-hydrogen) atoms. The zero-order chi connectivity index (χ0) is 19.1. The number of amidine groups is 1. The van der Waals surface area contributed by atoms with E-state index in [9.17, 15) is 0 Å². The molecule has 2 saturated heterocycles. The first-order valence-corrected chi connectivity index (χ1v) is 11.0. The summed E-state index contributed by atoms with van der Waals surface area (Å²) in [6.45, 7) is 5.05. The van der Waals surface area contributed by atoms with Crippen molar-refractivity contribution in [2.24, 2.45) is 4.99 Å². The molecule has 146 valence electrons. The molecule has 2 aromatic rings. The third-order valence-electron chi connectivity index (χ3n) is 5.89. The summed E-state index contributed by atoms with van der Waals surface area (Å²) < 4.78 is 15.1. The summed E-state index contributed by atoms with van der Waals surface area (Å²) in [7, 11) is 0. The van der Waals surface area contributed by atoms with E-state index in [1.165, 1.54) is 6.42 Å². The Balaban J connectivity index is 1.50. The number of hydrogen-bond acceptors (Lipinski definition) is 5. The smallest absolute Gasteiger partial charge is 0.160 e. The van der Waals surface area contributed by atoms with Gasteiger partial charge in [-0.1, -0.05) is 30.8 Å². The number of anilines is 1. The molecule has 2 fully saturated rings. The molecule has 3 atom stereocenters. The van der Waals surface area contributed by atoms with E-state index in [-0.39, 0.29) is 17.9 Å².